The maximum atomic E-state index is 12.2. The highest BCUT2D eigenvalue weighted by molar-refractivity contribution is 6.30. The van der Waals surface area contributed by atoms with Crippen molar-refractivity contribution in [1.29, 1.82) is 0 Å². The topological polar surface area (TPSA) is 32.8 Å². The van der Waals surface area contributed by atoms with Gasteiger partial charge in [0.25, 0.3) is 0 Å². The van der Waals surface area contributed by atoms with Crippen LogP contribution in [0.25, 0.3) is 0 Å². The van der Waals surface area contributed by atoms with Gasteiger partial charge in [0, 0.05) is 36.4 Å². The third-order valence-corrected chi connectivity index (χ3v) is 3.66. The van der Waals surface area contributed by atoms with Gasteiger partial charge in [0.05, 0.1) is 0 Å². The predicted octanol–water partition coefficient (Wildman–Crippen LogP) is 3.79. The van der Waals surface area contributed by atoms with Crippen molar-refractivity contribution in [3.63, 3.8) is 0 Å². The van der Waals surface area contributed by atoms with Gasteiger partial charge in [-0.15, -0.1) is 0 Å². The number of benzene rings is 1. The molecule has 0 radical (unpaired) electrons. The van der Waals surface area contributed by atoms with Gasteiger partial charge in [0.15, 0.2) is 0 Å². The average molecular weight is 311 g/mol. The van der Waals surface area contributed by atoms with Crippen LogP contribution in [0.3, 0.4) is 0 Å². The number of anilines is 1. The number of carbonyl (C=O) groups is 1. The van der Waals surface area contributed by atoms with Gasteiger partial charge < -0.3 is 14.5 Å². The second-order valence-corrected chi connectivity index (χ2v) is 6.89. The molecule has 1 amide bonds. The maximum absolute atomic E-state index is 12.2. The number of hydrogen-bond acceptors (Lipinski definition) is 3. The van der Waals surface area contributed by atoms with E-state index in [4.69, 9.17) is 16.3 Å². The van der Waals surface area contributed by atoms with E-state index in [0.29, 0.717) is 6.54 Å². The minimum atomic E-state index is -0.457. The fraction of sp³-hybridized carbons (Fsp3) is 0.562. The summed E-state index contributed by atoms with van der Waals surface area (Å²) in [4.78, 5) is 16.2. The summed E-state index contributed by atoms with van der Waals surface area (Å²) in [5, 5.41) is 0.731. The van der Waals surface area contributed by atoms with Crippen molar-refractivity contribution in [2.75, 3.05) is 24.5 Å². The van der Waals surface area contributed by atoms with E-state index < -0.39 is 5.60 Å². The van der Waals surface area contributed by atoms with Crippen molar-refractivity contribution >= 4 is 23.4 Å². The van der Waals surface area contributed by atoms with Crippen molar-refractivity contribution in [3.8, 4) is 0 Å². The lowest BCUT2D eigenvalue weighted by molar-refractivity contribution is 0.0159. The molecule has 0 unspecified atom stereocenters. The monoisotopic (exact) mass is 310 g/mol. The summed E-state index contributed by atoms with van der Waals surface area (Å²) in [5.74, 6) is 0. The SMILES string of the molecule is C[C@H]1CN(c2cccc(Cl)c2)CCN1C(=O)OC(C)(C)C. The van der Waals surface area contributed by atoms with Gasteiger partial charge in [-0.3, -0.25) is 0 Å². The molecule has 0 saturated carbocycles. The van der Waals surface area contributed by atoms with Gasteiger partial charge in [0.2, 0.25) is 0 Å². The molecule has 1 fully saturated rings. The van der Waals surface area contributed by atoms with Crippen molar-refractivity contribution in [1.82, 2.24) is 4.90 Å². The van der Waals surface area contributed by atoms with Gasteiger partial charge in [-0.1, -0.05) is 17.7 Å². The Morgan fingerprint density at radius 1 is 1.33 bits per heavy atom. The molecule has 1 saturated heterocycles. The molecular weight excluding hydrogens is 288 g/mol. The Bertz CT molecular complexity index is 513. The van der Waals surface area contributed by atoms with Crippen LogP contribution < -0.4 is 4.90 Å². The number of piperazine rings is 1. The van der Waals surface area contributed by atoms with Crippen molar-refractivity contribution in [2.24, 2.45) is 0 Å². The fourth-order valence-corrected chi connectivity index (χ4v) is 2.64. The molecule has 1 aromatic rings. The molecule has 2 rings (SSSR count). The molecule has 1 aliphatic heterocycles. The number of carbonyl (C=O) groups excluding carboxylic acids is 1. The smallest absolute Gasteiger partial charge is 0.410 e. The Balaban J connectivity index is 2.01. The number of amides is 1. The van der Waals surface area contributed by atoms with E-state index in [2.05, 4.69) is 4.90 Å². The van der Waals surface area contributed by atoms with E-state index in [1.54, 1.807) is 4.90 Å². The zero-order chi connectivity index (χ0) is 15.6. The summed E-state index contributed by atoms with van der Waals surface area (Å²) in [7, 11) is 0. The third kappa shape index (κ3) is 4.27. The number of halogens is 1. The molecule has 0 aromatic heterocycles. The van der Waals surface area contributed by atoms with E-state index in [9.17, 15) is 4.79 Å². The summed E-state index contributed by atoms with van der Waals surface area (Å²) in [5.41, 5.74) is 0.638. The molecule has 21 heavy (non-hydrogen) atoms. The molecule has 0 bridgehead atoms. The molecule has 1 heterocycles. The summed E-state index contributed by atoms with van der Waals surface area (Å²) in [6, 6.07) is 7.92. The van der Waals surface area contributed by atoms with Crippen molar-refractivity contribution in [3.05, 3.63) is 29.3 Å². The Morgan fingerprint density at radius 3 is 2.62 bits per heavy atom. The van der Waals surface area contributed by atoms with E-state index in [-0.39, 0.29) is 12.1 Å². The minimum absolute atomic E-state index is 0.104. The fourth-order valence-electron chi connectivity index (χ4n) is 2.46. The van der Waals surface area contributed by atoms with E-state index in [1.165, 1.54) is 0 Å². The van der Waals surface area contributed by atoms with Gasteiger partial charge in [-0.25, -0.2) is 4.79 Å². The molecule has 1 atom stereocenters. The van der Waals surface area contributed by atoms with Crippen LogP contribution in [-0.4, -0.2) is 42.3 Å². The van der Waals surface area contributed by atoms with E-state index in [1.807, 2.05) is 52.0 Å². The molecule has 5 heteroatoms. The molecule has 4 nitrogen and oxygen atoms in total. The van der Waals surface area contributed by atoms with Crippen molar-refractivity contribution in [2.45, 2.75) is 39.3 Å². The van der Waals surface area contributed by atoms with Gasteiger partial charge in [0.1, 0.15) is 5.60 Å². The number of nitrogens with zero attached hydrogens (tertiary/aromatic N) is 2. The van der Waals surface area contributed by atoms with Gasteiger partial charge >= 0.3 is 6.09 Å². The zero-order valence-electron chi connectivity index (χ0n) is 13.1. The molecule has 0 spiro atoms. The largest absolute Gasteiger partial charge is 0.444 e. The first-order chi connectivity index (χ1) is 9.76. The van der Waals surface area contributed by atoms with Crippen LogP contribution in [0.15, 0.2) is 24.3 Å². The highest BCUT2D eigenvalue weighted by atomic mass is 35.5. The second kappa shape index (κ2) is 6.14. The van der Waals surface area contributed by atoms with Gasteiger partial charge in [-0.2, -0.15) is 0 Å². The Kier molecular flexibility index (Phi) is 4.67. The van der Waals surface area contributed by atoms with E-state index in [0.717, 1.165) is 23.8 Å². The van der Waals surface area contributed by atoms with E-state index >= 15 is 0 Å². The van der Waals surface area contributed by atoms with Crippen LogP contribution in [0, 0.1) is 0 Å². The van der Waals surface area contributed by atoms with Crippen LogP contribution >= 0.6 is 11.6 Å². The number of rotatable bonds is 1. The highest BCUT2D eigenvalue weighted by Crippen LogP contribution is 2.23. The summed E-state index contributed by atoms with van der Waals surface area (Å²) >= 11 is 6.04. The summed E-state index contributed by atoms with van der Waals surface area (Å²) < 4.78 is 5.46. The van der Waals surface area contributed by atoms with Gasteiger partial charge in [-0.05, 0) is 45.9 Å². The quantitative estimate of drug-likeness (QED) is 0.791. The predicted molar refractivity (Wildman–Crippen MR) is 86.1 cm³/mol. The average Bonchev–Trinajstić information content (AvgIpc) is 2.36. The van der Waals surface area contributed by atoms with Crippen LogP contribution in [0.1, 0.15) is 27.7 Å². The third-order valence-electron chi connectivity index (χ3n) is 3.43. The summed E-state index contributed by atoms with van der Waals surface area (Å²) in [6.07, 6.45) is -0.235. The lowest BCUT2D eigenvalue weighted by atomic mass is 10.1. The molecule has 0 N–H and O–H groups in total. The number of ether oxygens (including phenoxy) is 1. The zero-order valence-corrected chi connectivity index (χ0v) is 13.9. The highest BCUT2D eigenvalue weighted by Gasteiger charge is 2.30. The normalized spacial score (nSPS) is 19.6. The lowest BCUT2D eigenvalue weighted by Gasteiger charge is -2.41. The Morgan fingerprint density at radius 2 is 2.05 bits per heavy atom. The van der Waals surface area contributed by atoms with Crippen LogP contribution in [0.4, 0.5) is 10.5 Å². The Hall–Kier alpha value is -1.42. The molecule has 1 aliphatic rings. The first kappa shape index (κ1) is 16.0. The first-order valence-electron chi connectivity index (χ1n) is 7.26. The molecule has 1 aromatic carbocycles. The molecular formula is C16H23ClN2O2. The maximum Gasteiger partial charge on any atom is 0.410 e. The molecule has 0 aliphatic carbocycles. The standard InChI is InChI=1S/C16H23ClN2O2/c1-12-11-18(14-7-5-6-13(17)10-14)8-9-19(12)15(20)21-16(2,3)4/h5-7,10,12H,8-9,11H2,1-4H3/t12-/m0/s1. The second-order valence-electron chi connectivity index (χ2n) is 6.45. The van der Waals surface area contributed by atoms with Crippen LogP contribution in [0.5, 0.6) is 0 Å². The number of hydrogen-bond donors (Lipinski definition) is 0. The first-order valence-corrected chi connectivity index (χ1v) is 7.64. The van der Waals surface area contributed by atoms with Crippen LogP contribution in [0.2, 0.25) is 5.02 Å². The molecule has 116 valence electrons. The minimum Gasteiger partial charge on any atom is -0.444 e. The van der Waals surface area contributed by atoms with Crippen molar-refractivity contribution < 1.29 is 9.53 Å². The lowest BCUT2D eigenvalue weighted by Crippen LogP contribution is -2.55. The Labute approximate surface area is 131 Å². The summed E-state index contributed by atoms with van der Waals surface area (Å²) in [6.45, 7) is 9.92. The van der Waals surface area contributed by atoms with Crippen LogP contribution in [-0.2, 0) is 4.74 Å².